The second-order valence-electron chi connectivity index (χ2n) is 14.2. The third kappa shape index (κ3) is 5.74. The molecule has 0 N–H and O–H groups in total. The summed E-state index contributed by atoms with van der Waals surface area (Å²) in [6.07, 6.45) is 11.0. The largest absolute Gasteiger partial charge is 0.409 e. The van der Waals surface area contributed by atoms with Crippen LogP contribution in [0.1, 0.15) is 76.3 Å². The van der Waals surface area contributed by atoms with E-state index in [4.69, 9.17) is 4.18 Å². The molecule has 7 rings (SSSR count). The predicted octanol–water partition coefficient (Wildman–Crippen LogP) is 7.22. The van der Waals surface area contributed by atoms with Crippen LogP contribution < -0.4 is 9.08 Å². The van der Waals surface area contributed by atoms with Crippen LogP contribution >= 0.6 is 12.2 Å². The number of likely N-dealkylation sites (tertiary alicyclic amines) is 1. The van der Waals surface area contributed by atoms with Gasteiger partial charge in [-0.25, -0.2) is 4.31 Å². The highest BCUT2D eigenvalue weighted by Crippen LogP contribution is 2.54. The zero-order valence-electron chi connectivity index (χ0n) is 26.2. The Morgan fingerprint density at radius 2 is 1.71 bits per heavy atom. The van der Waals surface area contributed by atoms with E-state index in [0.717, 1.165) is 30.0 Å². The lowest BCUT2D eigenvalue weighted by Gasteiger charge is -2.55. The number of fused-ring (bicyclic) bond motifs is 1. The Bertz CT molecular complexity index is 1190. The zero-order chi connectivity index (χ0) is 28.7. The molecule has 0 amide bonds. The Balaban J connectivity index is 0.960. The van der Waals surface area contributed by atoms with Crippen molar-refractivity contribution in [1.29, 1.82) is 0 Å². The van der Waals surface area contributed by atoms with Gasteiger partial charge in [0.15, 0.2) is 0 Å². The van der Waals surface area contributed by atoms with E-state index in [1.54, 1.807) is 11.1 Å². The van der Waals surface area contributed by atoms with Gasteiger partial charge >= 0.3 is 0 Å². The van der Waals surface area contributed by atoms with Crippen molar-refractivity contribution in [2.45, 2.75) is 89.3 Å². The van der Waals surface area contributed by atoms with E-state index in [2.05, 4.69) is 88.4 Å². The number of hydrogen-bond acceptors (Lipinski definition) is 6. The Morgan fingerprint density at radius 1 is 0.952 bits per heavy atom. The highest BCUT2D eigenvalue weighted by molar-refractivity contribution is 7.92. The zero-order valence-corrected chi connectivity index (χ0v) is 27.0. The molecule has 0 aromatic heterocycles. The monoisotopic (exact) mass is 588 g/mol. The van der Waals surface area contributed by atoms with Gasteiger partial charge in [0.05, 0.1) is 0 Å². The van der Waals surface area contributed by atoms with E-state index >= 15 is 0 Å². The quantitative estimate of drug-likeness (QED) is 0.214. The molecule has 3 unspecified atom stereocenters. The smallest absolute Gasteiger partial charge is 0.146 e. The average molecular weight is 589 g/mol. The fourth-order valence-corrected chi connectivity index (χ4v) is 9.71. The molecule has 2 aromatic rings. The summed E-state index contributed by atoms with van der Waals surface area (Å²) in [6, 6.07) is 19.7. The summed E-state index contributed by atoms with van der Waals surface area (Å²) in [4.78, 5) is 8.16. The van der Waals surface area contributed by atoms with Gasteiger partial charge in [-0.15, -0.1) is 0 Å². The number of rotatable bonds is 10. The molecular formula is C36H52N4OS. The summed E-state index contributed by atoms with van der Waals surface area (Å²) in [5.41, 5.74) is 5.02. The summed E-state index contributed by atoms with van der Waals surface area (Å²) in [6.45, 7) is 13.4. The third-order valence-corrected chi connectivity index (χ3v) is 12.4. The molecule has 3 aliphatic heterocycles. The minimum atomic E-state index is 0.344. The summed E-state index contributed by atoms with van der Waals surface area (Å²) >= 11 is 1.48. The summed E-state index contributed by atoms with van der Waals surface area (Å²) in [7, 11) is 2.13. The van der Waals surface area contributed by atoms with E-state index in [0.29, 0.717) is 17.5 Å². The molecule has 2 saturated heterocycles. The van der Waals surface area contributed by atoms with Gasteiger partial charge in [0.1, 0.15) is 18.0 Å². The minimum absolute atomic E-state index is 0.344. The van der Waals surface area contributed by atoms with Crippen molar-refractivity contribution in [1.82, 2.24) is 14.1 Å². The van der Waals surface area contributed by atoms with Gasteiger partial charge in [-0.05, 0) is 106 Å². The van der Waals surface area contributed by atoms with Gasteiger partial charge in [-0.2, -0.15) is 0 Å². The molecule has 0 spiro atoms. The number of anilines is 1. The number of likely N-dealkylation sites (N-methyl/N-ethyl adjacent to an activating group) is 1. The second kappa shape index (κ2) is 12.3. The van der Waals surface area contributed by atoms with Crippen LogP contribution in [-0.4, -0.2) is 72.5 Å². The SMILES string of the molecule is CCN1Cc2ccccc2C(C2CCCC2)(C2CCN(CC3CN(c4ccc(OSN(C)C5CC5)cc4)C3)C(C)C2)C1. The van der Waals surface area contributed by atoms with Gasteiger partial charge in [0.2, 0.25) is 0 Å². The molecule has 0 radical (unpaired) electrons. The molecular weight excluding hydrogens is 536 g/mol. The Hall–Kier alpha value is -1.73. The lowest BCUT2D eigenvalue weighted by atomic mass is 9.56. The fraction of sp³-hybridized carbons (Fsp3) is 0.667. The number of piperidine rings is 1. The lowest BCUT2D eigenvalue weighted by Crippen LogP contribution is -2.59. The molecule has 5 aliphatic rings. The van der Waals surface area contributed by atoms with E-state index in [9.17, 15) is 0 Å². The van der Waals surface area contributed by atoms with Crippen LogP contribution in [0.5, 0.6) is 5.75 Å². The first-order chi connectivity index (χ1) is 20.5. The van der Waals surface area contributed by atoms with Gasteiger partial charge in [0, 0.05) is 68.9 Å². The first-order valence-electron chi connectivity index (χ1n) is 17.0. The maximum Gasteiger partial charge on any atom is 0.146 e. The third-order valence-electron chi connectivity index (χ3n) is 11.6. The maximum atomic E-state index is 5.93. The van der Waals surface area contributed by atoms with E-state index in [1.165, 1.54) is 109 Å². The summed E-state index contributed by atoms with van der Waals surface area (Å²) in [5.74, 6) is 3.37. The maximum absolute atomic E-state index is 5.93. The van der Waals surface area contributed by atoms with Crippen LogP contribution in [0.25, 0.3) is 0 Å². The molecule has 0 bridgehead atoms. The van der Waals surface area contributed by atoms with Crippen molar-refractivity contribution in [2.75, 3.05) is 51.2 Å². The van der Waals surface area contributed by atoms with Crippen LogP contribution in [0.4, 0.5) is 5.69 Å². The molecule has 5 nitrogen and oxygen atoms in total. The van der Waals surface area contributed by atoms with Crippen LogP contribution in [-0.2, 0) is 12.0 Å². The number of hydrogen-bond donors (Lipinski definition) is 0. The number of benzene rings is 2. The Morgan fingerprint density at radius 3 is 2.43 bits per heavy atom. The van der Waals surface area contributed by atoms with Crippen molar-refractivity contribution in [3.8, 4) is 5.75 Å². The van der Waals surface area contributed by atoms with E-state index < -0.39 is 0 Å². The highest BCUT2D eigenvalue weighted by atomic mass is 32.2. The van der Waals surface area contributed by atoms with Crippen LogP contribution in [0.3, 0.4) is 0 Å². The van der Waals surface area contributed by atoms with Gasteiger partial charge in [-0.3, -0.25) is 4.90 Å². The van der Waals surface area contributed by atoms with Crippen LogP contribution in [0.15, 0.2) is 48.5 Å². The van der Waals surface area contributed by atoms with Gasteiger partial charge in [-0.1, -0.05) is 44.0 Å². The van der Waals surface area contributed by atoms with E-state index in [1.807, 2.05) is 0 Å². The molecule has 228 valence electrons. The number of nitrogens with zero attached hydrogens (tertiary/aromatic N) is 4. The van der Waals surface area contributed by atoms with Crippen LogP contribution in [0.2, 0.25) is 0 Å². The van der Waals surface area contributed by atoms with Gasteiger partial charge < -0.3 is 14.0 Å². The van der Waals surface area contributed by atoms with Crippen molar-refractivity contribution >= 4 is 17.9 Å². The van der Waals surface area contributed by atoms with Crippen molar-refractivity contribution in [3.63, 3.8) is 0 Å². The first-order valence-corrected chi connectivity index (χ1v) is 17.7. The summed E-state index contributed by atoms with van der Waals surface area (Å²) in [5, 5.41) is 0. The molecule has 3 heterocycles. The van der Waals surface area contributed by atoms with Crippen molar-refractivity contribution in [2.24, 2.45) is 17.8 Å². The van der Waals surface area contributed by atoms with Crippen molar-refractivity contribution < 1.29 is 4.18 Å². The Kier molecular flexibility index (Phi) is 8.52. The molecule has 2 aliphatic carbocycles. The summed E-state index contributed by atoms with van der Waals surface area (Å²) < 4.78 is 8.16. The normalized spacial score (nSPS) is 29.6. The van der Waals surface area contributed by atoms with Crippen molar-refractivity contribution in [3.05, 3.63) is 59.7 Å². The van der Waals surface area contributed by atoms with Crippen LogP contribution in [0, 0.1) is 17.8 Å². The molecule has 6 heteroatoms. The lowest BCUT2D eigenvalue weighted by molar-refractivity contribution is 0.0144. The van der Waals surface area contributed by atoms with Gasteiger partial charge in [0.25, 0.3) is 0 Å². The molecule has 42 heavy (non-hydrogen) atoms. The molecule has 4 fully saturated rings. The fourth-order valence-electron chi connectivity index (χ4n) is 9.06. The second-order valence-corrected chi connectivity index (χ2v) is 15.1. The minimum Gasteiger partial charge on any atom is -0.409 e. The average Bonchev–Trinajstić information content (AvgIpc) is 3.71. The van der Waals surface area contributed by atoms with E-state index in [-0.39, 0.29) is 0 Å². The highest BCUT2D eigenvalue weighted by Gasteiger charge is 2.52. The Labute approximate surface area is 259 Å². The predicted molar refractivity (Wildman–Crippen MR) is 176 cm³/mol. The molecule has 2 saturated carbocycles. The molecule has 2 aromatic carbocycles. The first kappa shape index (κ1) is 29.0. The topological polar surface area (TPSA) is 22.2 Å². The standard InChI is InChI=1S/C36H52N4OS/c1-4-38-25-29-9-5-8-12-35(29)36(26-38,30-10-6-7-11-30)31-19-20-39(27(2)21-31)22-28-23-40(24-28)33-15-17-34(18-16-33)41-42-37(3)32-13-14-32/h5,8-9,12,15-18,27-28,30-32H,4,6-7,10-11,13-14,19-26H2,1-3H3. The molecule has 3 atom stereocenters.